The number of aromatic nitrogens is 4. The van der Waals surface area contributed by atoms with Crippen molar-refractivity contribution in [3.63, 3.8) is 0 Å². The third-order valence-electron chi connectivity index (χ3n) is 5.65. The lowest BCUT2D eigenvalue weighted by Gasteiger charge is -2.37. The normalized spacial score (nSPS) is 11.5. The van der Waals surface area contributed by atoms with Gasteiger partial charge in [-0.05, 0) is 16.7 Å². The van der Waals surface area contributed by atoms with E-state index < -0.39 is 5.54 Å². The predicted octanol–water partition coefficient (Wildman–Crippen LogP) is 5.47. The van der Waals surface area contributed by atoms with Gasteiger partial charge in [0.15, 0.2) is 11.5 Å². The summed E-state index contributed by atoms with van der Waals surface area (Å²) in [6.45, 7) is 0.635. The molecule has 0 bridgehead atoms. The van der Waals surface area contributed by atoms with E-state index in [1.807, 2.05) is 22.8 Å². The number of imidazole rings is 1. The molecule has 0 aliphatic rings. The van der Waals surface area contributed by atoms with E-state index in [1.165, 1.54) is 0 Å². The fraction of sp³-hybridized carbons (Fsp3) is 0.115. The van der Waals surface area contributed by atoms with Crippen LogP contribution >= 0.6 is 11.6 Å². The van der Waals surface area contributed by atoms with Gasteiger partial charge in [0.05, 0.1) is 6.33 Å². The lowest BCUT2D eigenvalue weighted by molar-refractivity contribution is 0.707. The number of rotatable bonds is 7. The first-order chi connectivity index (χ1) is 15.8. The SMILES string of the molecule is ClCCn1cnc2c(NC(c3ccccc3)(c3ccccc3)c3ccccc3)ncnc21. The van der Waals surface area contributed by atoms with E-state index >= 15 is 0 Å². The van der Waals surface area contributed by atoms with Crippen molar-refractivity contribution in [1.29, 1.82) is 0 Å². The molecule has 0 unspecified atom stereocenters. The van der Waals surface area contributed by atoms with Crippen LogP contribution in [-0.2, 0) is 12.1 Å². The van der Waals surface area contributed by atoms with Crippen LogP contribution in [0, 0.1) is 0 Å². The van der Waals surface area contributed by atoms with Gasteiger partial charge in [0.25, 0.3) is 0 Å². The van der Waals surface area contributed by atoms with Gasteiger partial charge in [-0.25, -0.2) is 15.0 Å². The molecule has 0 radical (unpaired) electrons. The second-order valence-electron chi connectivity index (χ2n) is 7.49. The van der Waals surface area contributed by atoms with Crippen LogP contribution in [0.4, 0.5) is 5.82 Å². The topological polar surface area (TPSA) is 55.6 Å². The monoisotopic (exact) mass is 439 g/mol. The molecule has 5 rings (SSSR count). The Bertz CT molecular complexity index is 1210. The van der Waals surface area contributed by atoms with E-state index in [-0.39, 0.29) is 0 Å². The average Bonchev–Trinajstić information content (AvgIpc) is 3.28. The fourth-order valence-electron chi connectivity index (χ4n) is 4.19. The van der Waals surface area contributed by atoms with E-state index in [1.54, 1.807) is 12.7 Å². The van der Waals surface area contributed by atoms with E-state index in [0.717, 1.165) is 22.3 Å². The summed E-state index contributed by atoms with van der Waals surface area (Å²) >= 11 is 5.97. The third kappa shape index (κ3) is 3.51. The Morgan fingerprint density at radius 2 is 1.25 bits per heavy atom. The summed E-state index contributed by atoms with van der Waals surface area (Å²) < 4.78 is 1.95. The second-order valence-corrected chi connectivity index (χ2v) is 7.87. The number of nitrogens with one attached hydrogen (secondary N) is 1. The summed E-state index contributed by atoms with van der Waals surface area (Å²) in [7, 11) is 0. The molecule has 5 nitrogen and oxygen atoms in total. The van der Waals surface area contributed by atoms with Crippen molar-refractivity contribution >= 4 is 28.6 Å². The number of halogens is 1. The highest BCUT2D eigenvalue weighted by atomic mass is 35.5. The molecular weight excluding hydrogens is 418 g/mol. The number of benzene rings is 3. The van der Waals surface area contributed by atoms with E-state index in [0.29, 0.717) is 23.8 Å². The number of fused-ring (bicyclic) bond motifs is 1. The number of nitrogens with zero attached hydrogens (tertiary/aromatic N) is 4. The van der Waals surface area contributed by atoms with Crippen molar-refractivity contribution in [2.24, 2.45) is 0 Å². The quantitative estimate of drug-likeness (QED) is 0.270. The van der Waals surface area contributed by atoms with Crippen LogP contribution in [0.3, 0.4) is 0 Å². The number of anilines is 1. The van der Waals surface area contributed by atoms with Crippen molar-refractivity contribution in [2.75, 3.05) is 11.2 Å². The molecule has 32 heavy (non-hydrogen) atoms. The summed E-state index contributed by atoms with van der Waals surface area (Å²) in [4.78, 5) is 13.7. The highest BCUT2D eigenvalue weighted by Gasteiger charge is 2.37. The largest absolute Gasteiger partial charge is 0.351 e. The molecule has 0 atom stereocenters. The zero-order chi connectivity index (χ0) is 21.8. The van der Waals surface area contributed by atoms with Gasteiger partial charge in [0.2, 0.25) is 0 Å². The molecule has 0 saturated heterocycles. The molecule has 3 aromatic carbocycles. The Kier molecular flexibility index (Phi) is 5.57. The molecule has 0 aliphatic heterocycles. The van der Waals surface area contributed by atoms with E-state index in [9.17, 15) is 0 Å². The van der Waals surface area contributed by atoms with Crippen LogP contribution in [0.15, 0.2) is 104 Å². The Balaban J connectivity index is 1.77. The molecule has 1 N–H and O–H groups in total. The highest BCUT2D eigenvalue weighted by molar-refractivity contribution is 6.17. The Hall–Kier alpha value is -3.70. The zero-order valence-electron chi connectivity index (χ0n) is 17.4. The summed E-state index contributed by atoms with van der Waals surface area (Å²) in [5, 5.41) is 3.78. The van der Waals surface area contributed by atoms with Gasteiger partial charge >= 0.3 is 0 Å². The summed E-state index contributed by atoms with van der Waals surface area (Å²) in [5.74, 6) is 1.15. The molecule has 5 aromatic rings. The van der Waals surface area contributed by atoms with Crippen LogP contribution in [0.1, 0.15) is 16.7 Å². The Morgan fingerprint density at radius 3 is 1.75 bits per heavy atom. The molecule has 0 saturated carbocycles. The smallest absolute Gasteiger partial charge is 0.165 e. The average molecular weight is 440 g/mol. The summed E-state index contributed by atoms with van der Waals surface area (Å²) in [6.07, 6.45) is 3.34. The predicted molar refractivity (Wildman–Crippen MR) is 129 cm³/mol. The van der Waals surface area contributed by atoms with Crippen molar-refractivity contribution in [3.8, 4) is 0 Å². The summed E-state index contributed by atoms with van der Waals surface area (Å²) in [5.41, 5.74) is 4.09. The first-order valence-electron chi connectivity index (χ1n) is 10.5. The maximum atomic E-state index is 5.97. The van der Waals surface area contributed by atoms with Crippen LogP contribution in [0.25, 0.3) is 11.2 Å². The minimum Gasteiger partial charge on any atom is -0.351 e. The van der Waals surface area contributed by atoms with Gasteiger partial charge in [-0.1, -0.05) is 91.0 Å². The van der Waals surface area contributed by atoms with Crippen molar-refractivity contribution in [1.82, 2.24) is 19.5 Å². The van der Waals surface area contributed by atoms with Gasteiger partial charge in [-0.3, -0.25) is 0 Å². The minimum atomic E-state index is -0.679. The summed E-state index contributed by atoms with van der Waals surface area (Å²) in [6, 6.07) is 31.3. The van der Waals surface area contributed by atoms with Crippen LogP contribution in [0.2, 0.25) is 0 Å². The number of hydrogen-bond acceptors (Lipinski definition) is 4. The van der Waals surface area contributed by atoms with Gasteiger partial charge < -0.3 is 9.88 Å². The molecule has 158 valence electrons. The third-order valence-corrected chi connectivity index (χ3v) is 5.82. The molecule has 0 fully saturated rings. The lowest BCUT2D eigenvalue weighted by atomic mass is 9.77. The Morgan fingerprint density at radius 1 is 0.719 bits per heavy atom. The molecule has 2 heterocycles. The second kappa shape index (κ2) is 8.81. The van der Waals surface area contributed by atoms with Crippen LogP contribution in [0.5, 0.6) is 0 Å². The van der Waals surface area contributed by atoms with Gasteiger partial charge in [-0.15, -0.1) is 11.6 Å². The first kappa shape index (κ1) is 20.2. The number of hydrogen-bond donors (Lipinski definition) is 1. The number of aryl methyl sites for hydroxylation is 1. The zero-order valence-corrected chi connectivity index (χ0v) is 18.2. The van der Waals surface area contributed by atoms with Crippen LogP contribution < -0.4 is 5.32 Å². The maximum absolute atomic E-state index is 5.97. The highest BCUT2D eigenvalue weighted by Crippen LogP contribution is 2.40. The lowest BCUT2D eigenvalue weighted by Crippen LogP contribution is -2.38. The number of alkyl halides is 1. The molecule has 0 spiro atoms. The van der Waals surface area contributed by atoms with Crippen molar-refractivity contribution in [3.05, 3.63) is 120 Å². The first-order valence-corrected chi connectivity index (χ1v) is 11.0. The van der Waals surface area contributed by atoms with Gasteiger partial charge in [0, 0.05) is 12.4 Å². The maximum Gasteiger partial charge on any atom is 0.165 e. The van der Waals surface area contributed by atoms with Gasteiger partial charge in [0.1, 0.15) is 17.4 Å². The van der Waals surface area contributed by atoms with Crippen molar-refractivity contribution < 1.29 is 0 Å². The minimum absolute atomic E-state index is 0.486. The fourth-order valence-corrected chi connectivity index (χ4v) is 4.37. The molecule has 2 aromatic heterocycles. The molecule has 6 heteroatoms. The Labute approximate surface area is 191 Å². The van der Waals surface area contributed by atoms with E-state index in [4.69, 9.17) is 11.6 Å². The standard InChI is InChI=1S/C26H22ClN5/c27-16-17-32-19-30-23-24(28-18-29-25(23)32)31-26(20-10-4-1-5-11-20,21-12-6-2-7-13-21)22-14-8-3-9-15-22/h1-15,18-19H,16-17H2,(H,28,29,31). The molecule has 0 amide bonds. The van der Waals surface area contributed by atoms with Crippen molar-refractivity contribution in [2.45, 2.75) is 12.1 Å². The van der Waals surface area contributed by atoms with Crippen LogP contribution in [-0.4, -0.2) is 25.4 Å². The van der Waals surface area contributed by atoms with E-state index in [2.05, 4.69) is 93.1 Å². The van der Waals surface area contributed by atoms with Gasteiger partial charge in [-0.2, -0.15) is 0 Å². The molecular formula is C26H22ClN5. The molecule has 0 aliphatic carbocycles.